The van der Waals surface area contributed by atoms with Crippen molar-refractivity contribution in [3.05, 3.63) is 52.8 Å². The van der Waals surface area contributed by atoms with Crippen LogP contribution in [-0.2, 0) is 4.79 Å². The molecule has 3 amide bonds. The number of benzene rings is 1. The number of hydrogen-bond donors (Lipinski definition) is 2. The molecule has 1 atom stereocenters. The molecule has 2 aromatic rings. The van der Waals surface area contributed by atoms with Crippen LogP contribution in [0.1, 0.15) is 33.6 Å². The molecule has 2 aliphatic heterocycles. The number of carbonyl (C=O) groups is 3. The number of hydrogen-bond acceptors (Lipinski definition) is 4. The Morgan fingerprint density at radius 3 is 2.88 bits per heavy atom. The van der Waals surface area contributed by atoms with Gasteiger partial charge < -0.3 is 15.5 Å². The molecule has 0 spiro atoms. The molecule has 0 saturated carbocycles. The van der Waals surface area contributed by atoms with Gasteiger partial charge >= 0.3 is 0 Å². The highest BCUT2D eigenvalue weighted by molar-refractivity contribution is 6.29. The van der Waals surface area contributed by atoms with Gasteiger partial charge in [0.15, 0.2) is 0 Å². The predicted molar refractivity (Wildman–Crippen MR) is 96.3 cm³/mol. The Labute approximate surface area is 154 Å². The minimum Gasteiger partial charge on any atom is -0.327 e. The van der Waals surface area contributed by atoms with E-state index < -0.39 is 6.04 Å². The third-order valence-electron chi connectivity index (χ3n) is 4.57. The monoisotopic (exact) mass is 370 g/mol. The molecule has 0 bridgehead atoms. The van der Waals surface area contributed by atoms with Crippen molar-refractivity contribution in [3.63, 3.8) is 0 Å². The lowest BCUT2D eigenvalue weighted by atomic mass is 10.1. The normalized spacial score (nSPS) is 18.7. The molecule has 1 fully saturated rings. The maximum Gasteiger partial charge on any atom is 0.257 e. The minimum absolute atomic E-state index is 0.168. The van der Waals surface area contributed by atoms with Gasteiger partial charge in [-0.15, -0.1) is 0 Å². The van der Waals surface area contributed by atoms with Crippen molar-refractivity contribution in [1.29, 1.82) is 0 Å². The Kier molecular flexibility index (Phi) is 4.08. The minimum atomic E-state index is -0.423. The first-order valence-electron chi connectivity index (χ1n) is 8.22. The average Bonchev–Trinajstić information content (AvgIpc) is 3.09. The highest BCUT2D eigenvalue weighted by Gasteiger charge is 2.38. The fourth-order valence-electron chi connectivity index (χ4n) is 3.27. The van der Waals surface area contributed by atoms with E-state index in [1.54, 1.807) is 29.2 Å². The van der Waals surface area contributed by atoms with Gasteiger partial charge in [0, 0.05) is 18.4 Å². The van der Waals surface area contributed by atoms with Crippen LogP contribution in [-0.4, -0.2) is 40.2 Å². The van der Waals surface area contributed by atoms with Crippen LogP contribution >= 0.6 is 11.6 Å². The summed E-state index contributed by atoms with van der Waals surface area (Å²) in [5.41, 5.74) is 1.64. The van der Waals surface area contributed by atoms with Gasteiger partial charge in [-0.25, -0.2) is 4.98 Å². The molecule has 8 heteroatoms. The number of rotatable bonds is 2. The number of nitrogens with one attached hydrogen (secondary N) is 2. The lowest BCUT2D eigenvalue weighted by Crippen LogP contribution is -2.40. The van der Waals surface area contributed by atoms with Gasteiger partial charge in [-0.3, -0.25) is 14.4 Å². The van der Waals surface area contributed by atoms with Crippen molar-refractivity contribution in [2.24, 2.45) is 0 Å². The highest BCUT2D eigenvalue weighted by Crippen LogP contribution is 2.30. The summed E-state index contributed by atoms with van der Waals surface area (Å²) in [6.07, 6.45) is 2.85. The molecule has 4 rings (SSSR count). The average molecular weight is 371 g/mol. The number of carbonyl (C=O) groups excluding carboxylic acids is 3. The van der Waals surface area contributed by atoms with Crippen molar-refractivity contribution in [3.8, 4) is 0 Å². The molecule has 0 radical (unpaired) electrons. The fourth-order valence-corrected chi connectivity index (χ4v) is 3.39. The summed E-state index contributed by atoms with van der Waals surface area (Å²) in [6.45, 7) is 0.559. The molecule has 0 aliphatic carbocycles. The van der Waals surface area contributed by atoms with Crippen LogP contribution < -0.4 is 10.6 Å². The van der Waals surface area contributed by atoms with Gasteiger partial charge in [0.2, 0.25) is 5.91 Å². The predicted octanol–water partition coefficient (Wildman–Crippen LogP) is 2.54. The van der Waals surface area contributed by atoms with Gasteiger partial charge in [-0.05, 0) is 43.2 Å². The molecule has 7 nitrogen and oxygen atoms in total. The largest absolute Gasteiger partial charge is 0.327 e. The van der Waals surface area contributed by atoms with Gasteiger partial charge in [0.05, 0.1) is 16.8 Å². The lowest BCUT2D eigenvalue weighted by molar-refractivity contribution is -0.119. The summed E-state index contributed by atoms with van der Waals surface area (Å²) >= 11 is 5.72. The summed E-state index contributed by atoms with van der Waals surface area (Å²) in [5.74, 6) is -0.734. The van der Waals surface area contributed by atoms with Crippen molar-refractivity contribution in [1.82, 2.24) is 9.88 Å². The molecule has 2 aliphatic rings. The van der Waals surface area contributed by atoms with Crippen molar-refractivity contribution in [2.45, 2.75) is 18.9 Å². The van der Waals surface area contributed by atoms with E-state index in [1.807, 2.05) is 0 Å². The zero-order valence-electron chi connectivity index (χ0n) is 13.7. The van der Waals surface area contributed by atoms with E-state index >= 15 is 0 Å². The van der Waals surface area contributed by atoms with E-state index in [-0.39, 0.29) is 17.7 Å². The highest BCUT2D eigenvalue weighted by atomic mass is 35.5. The molecule has 1 aromatic heterocycles. The Hall–Kier alpha value is -2.93. The van der Waals surface area contributed by atoms with E-state index in [1.165, 1.54) is 12.3 Å². The second-order valence-electron chi connectivity index (χ2n) is 6.23. The summed E-state index contributed by atoms with van der Waals surface area (Å²) in [4.78, 5) is 42.9. The van der Waals surface area contributed by atoms with Crippen molar-refractivity contribution in [2.75, 3.05) is 17.2 Å². The second kappa shape index (κ2) is 6.42. The van der Waals surface area contributed by atoms with E-state index in [0.29, 0.717) is 40.6 Å². The third kappa shape index (κ3) is 2.90. The molecule has 2 N–H and O–H groups in total. The first-order valence-corrected chi connectivity index (χ1v) is 8.59. The van der Waals surface area contributed by atoms with Gasteiger partial charge in [0.1, 0.15) is 11.2 Å². The van der Waals surface area contributed by atoms with E-state index in [9.17, 15) is 14.4 Å². The fraction of sp³-hybridized carbons (Fsp3) is 0.222. The Morgan fingerprint density at radius 1 is 1.27 bits per heavy atom. The summed E-state index contributed by atoms with van der Waals surface area (Å²) in [5, 5.41) is 5.84. The second-order valence-corrected chi connectivity index (χ2v) is 6.62. The SMILES string of the molecule is O=C(Nc1ccc2c(c1)C(=O)N1CCC[C@@H]1C(=O)N2)c1ccc(Cl)nc1. The van der Waals surface area contributed by atoms with Crippen LogP contribution in [0.25, 0.3) is 0 Å². The van der Waals surface area contributed by atoms with Gasteiger partial charge in [-0.1, -0.05) is 11.6 Å². The van der Waals surface area contributed by atoms with Gasteiger partial charge in [-0.2, -0.15) is 0 Å². The Bertz CT molecular complexity index is 913. The zero-order chi connectivity index (χ0) is 18.3. The number of anilines is 2. The smallest absolute Gasteiger partial charge is 0.257 e. The quantitative estimate of drug-likeness (QED) is 0.795. The van der Waals surface area contributed by atoms with Crippen LogP contribution in [0, 0.1) is 0 Å². The number of amides is 3. The van der Waals surface area contributed by atoms with Crippen LogP contribution in [0.5, 0.6) is 0 Å². The topological polar surface area (TPSA) is 91.4 Å². The van der Waals surface area contributed by atoms with Gasteiger partial charge in [0.25, 0.3) is 11.8 Å². The maximum absolute atomic E-state index is 12.8. The van der Waals surface area contributed by atoms with Crippen LogP contribution in [0.4, 0.5) is 11.4 Å². The first kappa shape index (κ1) is 16.5. The number of nitrogens with zero attached hydrogens (tertiary/aromatic N) is 2. The molecule has 0 unspecified atom stereocenters. The van der Waals surface area contributed by atoms with E-state index in [2.05, 4.69) is 15.6 Å². The Balaban J connectivity index is 1.62. The van der Waals surface area contributed by atoms with Crippen molar-refractivity contribution < 1.29 is 14.4 Å². The lowest BCUT2D eigenvalue weighted by Gasteiger charge is -2.20. The van der Waals surface area contributed by atoms with E-state index in [4.69, 9.17) is 11.6 Å². The number of aromatic nitrogens is 1. The van der Waals surface area contributed by atoms with Crippen molar-refractivity contribution >= 4 is 40.7 Å². The molecule has 26 heavy (non-hydrogen) atoms. The standard InChI is InChI=1S/C18H15ClN4O3/c19-15-6-3-10(9-20-15)16(24)21-11-4-5-13-12(8-11)18(26)23-7-1-2-14(23)17(25)22-13/h3-6,8-9,14H,1-2,7H2,(H,21,24)(H,22,25)/t14-/m1/s1. The number of pyridine rings is 1. The Morgan fingerprint density at radius 2 is 2.12 bits per heavy atom. The molecule has 1 aromatic carbocycles. The van der Waals surface area contributed by atoms with Crippen LogP contribution in [0.15, 0.2) is 36.5 Å². The summed E-state index contributed by atoms with van der Waals surface area (Å²) in [7, 11) is 0. The van der Waals surface area contributed by atoms with Crippen LogP contribution in [0.3, 0.4) is 0 Å². The summed E-state index contributed by atoms with van der Waals surface area (Å²) in [6, 6.07) is 7.52. The number of fused-ring (bicyclic) bond motifs is 2. The zero-order valence-corrected chi connectivity index (χ0v) is 14.4. The molecule has 1 saturated heterocycles. The van der Waals surface area contributed by atoms with E-state index in [0.717, 1.165) is 6.42 Å². The maximum atomic E-state index is 12.8. The third-order valence-corrected chi connectivity index (χ3v) is 4.80. The molecule has 132 valence electrons. The number of halogens is 1. The van der Waals surface area contributed by atoms with Crippen LogP contribution in [0.2, 0.25) is 5.15 Å². The first-order chi connectivity index (χ1) is 12.5. The summed E-state index contributed by atoms with van der Waals surface area (Å²) < 4.78 is 0. The molecule has 3 heterocycles. The molecular formula is C18H15ClN4O3. The molecular weight excluding hydrogens is 356 g/mol.